The van der Waals surface area contributed by atoms with Crippen molar-refractivity contribution in [2.45, 2.75) is 5.22 Å². The van der Waals surface area contributed by atoms with Crippen LogP contribution in [0.4, 0.5) is 11.4 Å². The standard InChI is InChI=1S/C17H13ClN4O5S/c1-26-12-4-2-3-10(7-12)16-20-21-17(27-16)28-9-15(23)19-11-5-6-13(18)14(8-11)22(24)25/h2-8H,9H2,1H3,(H,19,23). The summed E-state index contributed by atoms with van der Waals surface area (Å²) in [5.41, 5.74) is 0.674. The molecular weight excluding hydrogens is 408 g/mol. The Balaban J connectivity index is 1.60. The molecule has 2 aromatic carbocycles. The van der Waals surface area contributed by atoms with Crippen LogP contribution in [0.15, 0.2) is 52.1 Å². The number of nitro benzene ring substituents is 1. The lowest BCUT2D eigenvalue weighted by atomic mass is 10.2. The van der Waals surface area contributed by atoms with Crippen molar-refractivity contribution in [3.05, 3.63) is 57.6 Å². The highest BCUT2D eigenvalue weighted by molar-refractivity contribution is 7.99. The van der Waals surface area contributed by atoms with Crippen molar-refractivity contribution in [2.75, 3.05) is 18.2 Å². The molecule has 3 rings (SSSR count). The van der Waals surface area contributed by atoms with E-state index in [1.807, 2.05) is 0 Å². The quantitative estimate of drug-likeness (QED) is 0.345. The first-order chi connectivity index (χ1) is 13.5. The lowest BCUT2D eigenvalue weighted by molar-refractivity contribution is -0.384. The molecule has 0 saturated heterocycles. The molecule has 0 aliphatic carbocycles. The van der Waals surface area contributed by atoms with Gasteiger partial charge in [-0.1, -0.05) is 29.4 Å². The Hall–Kier alpha value is -3.11. The number of thioether (sulfide) groups is 1. The van der Waals surface area contributed by atoms with Gasteiger partial charge in [0.2, 0.25) is 11.8 Å². The van der Waals surface area contributed by atoms with E-state index in [-0.39, 0.29) is 33.3 Å². The van der Waals surface area contributed by atoms with E-state index < -0.39 is 4.92 Å². The zero-order chi connectivity index (χ0) is 20.1. The maximum absolute atomic E-state index is 12.1. The van der Waals surface area contributed by atoms with Crippen LogP contribution in [0.3, 0.4) is 0 Å². The summed E-state index contributed by atoms with van der Waals surface area (Å²) < 4.78 is 10.7. The number of hydrogen-bond donors (Lipinski definition) is 1. The number of carbonyl (C=O) groups excluding carboxylic acids is 1. The Labute approximate surface area is 168 Å². The molecule has 1 heterocycles. The number of nitrogens with one attached hydrogen (secondary N) is 1. The van der Waals surface area contributed by atoms with E-state index >= 15 is 0 Å². The van der Waals surface area contributed by atoms with E-state index in [4.69, 9.17) is 20.8 Å². The van der Waals surface area contributed by atoms with E-state index in [0.29, 0.717) is 17.2 Å². The number of hydrogen-bond acceptors (Lipinski definition) is 8. The smallest absolute Gasteiger partial charge is 0.289 e. The molecule has 0 aliphatic rings. The van der Waals surface area contributed by atoms with Crippen LogP contribution in [0.5, 0.6) is 5.75 Å². The van der Waals surface area contributed by atoms with Gasteiger partial charge >= 0.3 is 0 Å². The van der Waals surface area contributed by atoms with Gasteiger partial charge in [-0.05, 0) is 30.3 Å². The van der Waals surface area contributed by atoms with E-state index in [0.717, 1.165) is 11.8 Å². The molecule has 1 N–H and O–H groups in total. The molecule has 9 nitrogen and oxygen atoms in total. The van der Waals surface area contributed by atoms with Crippen molar-refractivity contribution in [3.63, 3.8) is 0 Å². The summed E-state index contributed by atoms with van der Waals surface area (Å²) in [6.45, 7) is 0. The Morgan fingerprint density at radius 3 is 2.89 bits per heavy atom. The Morgan fingerprint density at radius 1 is 1.32 bits per heavy atom. The lowest BCUT2D eigenvalue weighted by Crippen LogP contribution is -2.14. The molecule has 0 saturated carbocycles. The normalized spacial score (nSPS) is 10.5. The summed E-state index contributed by atoms with van der Waals surface area (Å²) in [4.78, 5) is 22.4. The Bertz CT molecular complexity index is 1030. The predicted octanol–water partition coefficient (Wildman–Crippen LogP) is 4.04. The number of carbonyl (C=O) groups is 1. The molecular formula is C17H13ClN4O5S. The van der Waals surface area contributed by atoms with E-state index in [1.54, 1.807) is 31.4 Å². The second kappa shape index (κ2) is 8.72. The van der Waals surface area contributed by atoms with Gasteiger partial charge in [-0.3, -0.25) is 14.9 Å². The van der Waals surface area contributed by atoms with Crippen LogP contribution in [0.25, 0.3) is 11.5 Å². The first kappa shape index (κ1) is 19.6. The van der Waals surface area contributed by atoms with Crippen molar-refractivity contribution in [1.29, 1.82) is 0 Å². The Morgan fingerprint density at radius 2 is 2.14 bits per heavy atom. The number of amides is 1. The van der Waals surface area contributed by atoms with Gasteiger partial charge in [0.25, 0.3) is 10.9 Å². The summed E-state index contributed by atoms with van der Waals surface area (Å²) in [7, 11) is 1.56. The van der Waals surface area contributed by atoms with Gasteiger partial charge < -0.3 is 14.5 Å². The van der Waals surface area contributed by atoms with Gasteiger partial charge in [0.15, 0.2) is 0 Å². The maximum atomic E-state index is 12.1. The van der Waals surface area contributed by atoms with Crippen molar-refractivity contribution in [3.8, 4) is 17.2 Å². The average molecular weight is 421 g/mol. The van der Waals surface area contributed by atoms with Crippen molar-refractivity contribution in [1.82, 2.24) is 10.2 Å². The second-order valence-corrected chi connectivity index (χ2v) is 6.70. The number of rotatable bonds is 7. The fourth-order valence-corrected chi connectivity index (χ4v) is 2.95. The minimum atomic E-state index is -0.620. The highest BCUT2D eigenvalue weighted by Crippen LogP contribution is 2.28. The SMILES string of the molecule is COc1cccc(-c2nnc(SCC(=O)Nc3ccc(Cl)c([N+](=O)[O-])c3)o2)c1. The van der Waals surface area contributed by atoms with Crippen molar-refractivity contribution < 1.29 is 18.9 Å². The molecule has 0 bridgehead atoms. The number of aromatic nitrogens is 2. The summed E-state index contributed by atoms with van der Waals surface area (Å²) in [6.07, 6.45) is 0. The highest BCUT2D eigenvalue weighted by Gasteiger charge is 2.15. The number of halogens is 1. The lowest BCUT2D eigenvalue weighted by Gasteiger charge is -2.04. The minimum absolute atomic E-state index is 0.00620. The highest BCUT2D eigenvalue weighted by atomic mass is 35.5. The molecule has 144 valence electrons. The van der Waals surface area contributed by atoms with E-state index in [2.05, 4.69) is 15.5 Å². The third kappa shape index (κ3) is 4.78. The third-order valence-electron chi connectivity index (χ3n) is 3.48. The molecule has 1 aromatic heterocycles. The monoisotopic (exact) mass is 420 g/mol. The predicted molar refractivity (Wildman–Crippen MR) is 104 cm³/mol. The van der Waals surface area contributed by atoms with Crippen LogP contribution in [0.1, 0.15) is 0 Å². The van der Waals surface area contributed by atoms with E-state index in [9.17, 15) is 14.9 Å². The zero-order valence-electron chi connectivity index (χ0n) is 14.4. The molecule has 0 aliphatic heterocycles. The van der Waals surface area contributed by atoms with Gasteiger partial charge in [-0.2, -0.15) is 0 Å². The third-order valence-corrected chi connectivity index (χ3v) is 4.61. The molecule has 0 fully saturated rings. The molecule has 28 heavy (non-hydrogen) atoms. The molecule has 0 unspecified atom stereocenters. The van der Waals surface area contributed by atoms with Gasteiger partial charge in [0.1, 0.15) is 10.8 Å². The number of benzene rings is 2. The summed E-state index contributed by atoms with van der Waals surface area (Å²) in [5, 5.41) is 21.5. The number of nitro groups is 1. The minimum Gasteiger partial charge on any atom is -0.497 e. The van der Waals surface area contributed by atoms with Crippen LogP contribution in [0, 0.1) is 10.1 Å². The van der Waals surface area contributed by atoms with Gasteiger partial charge in [0.05, 0.1) is 17.8 Å². The summed E-state index contributed by atoms with van der Waals surface area (Å²) >= 11 is 6.79. The topological polar surface area (TPSA) is 120 Å². The molecule has 1 amide bonds. The van der Waals surface area contributed by atoms with Crippen molar-refractivity contribution >= 4 is 40.6 Å². The number of anilines is 1. The Kier molecular flexibility index (Phi) is 6.12. The van der Waals surface area contributed by atoms with Crippen molar-refractivity contribution in [2.24, 2.45) is 0 Å². The van der Waals surface area contributed by atoms with Crippen LogP contribution < -0.4 is 10.1 Å². The summed E-state index contributed by atoms with van der Waals surface area (Å²) in [6, 6.07) is 11.2. The van der Waals surface area contributed by atoms with Crippen LogP contribution in [0.2, 0.25) is 5.02 Å². The number of ether oxygens (including phenoxy) is 1. The maximum Gasteiger partial charge on any atom is 0.289 e. The summed E-state index contributed by atoms with van der Waals surface area (Å²) in [5.74, 6) is 0.551. The van der Waals surface area contributed by atoms with Crippen LogP contribution >= 0.6 is 23.4 Å². The van der Waals surface area contributed by atoms with Gasteiger partial charge in [0, 0.05) is 17.3 Å². The molecule has 11 heteroatoms. The van der Waals surface area contributed by atoms with Crippen LogP contribution in [-0.4, -0.2) is 33.9 Å². The molecule has 0 atom stereocenters. The zero-order valence-corrected chi connectivity index (χ0v) is 16.0. The van der Waals surface area contributed by atoms with Gasteiger partial charge in [-0.25, -0.2) is 0 Å². The van der Waals surface area contributed by atoms with Crippen LogP contribution in [-0.2, 0) is 4.79 Å². The van der Waals surface area contributed by atoms with E-state index in [1.165, 1.54) is 18.2 Å². The largest absolute Gasteiger partial charge is 0.497 e. The molecule has 0 radical (unpaired) electrons. The first-order valence-corrected chi connectivity index (χ1v) is 9.17. The number of methoxy groups -OCH3 is 1. The second-order valence-electron chi connectivity index (χ2n) is 5.37. The van der Waals surface area contributed by atoms with Gasteiger partial charge in [-0.15, -0.1) is 10.2 Å². The fourth-order valence-electron chi connectivity index (χ4n) is 2.20. The molecule has 3 aromatic rings. The average Bonchev–Trinajstić information content (AvgIpc) is 3.17. The first-order valence-electron chi connectivity index (χ1n) is 7.81. The molecule has 0 spiro atoms. The number of nitrogens with zero attached hydrogens (tertiary/aromatic N) is 3. The fraction of sp³-hybridized carbons (Fsp3) is 0.118.